The van der Waals surface area contributed by atoms with Crippen LogP contribution < -0.4 is 0 Å². The topological polar surface area (TPSA) is 35.1 Å². The lowest BCUT2D eigenvalue weighted by molar-refractivity contribution is 1.08. The van der Waals surface area contributed by atoms with E-state index in [1.807, 2.05) is 0 Å². The highest BCUT2D eigenvalue weighted by Crippen LogP contribution is 2.48. The first-order chi connectivity index (χ1) is 26.8. The first kappa shape index (κ1) is 28.3. The predicted molar refractivity (Wildman–Crippen MR) is 226 cm³/mol. The third kappa shape index (κ3) is 3.57. The molecule has 13 rings (SSSR count). The first-order valence-corrected chi connectivity index (χ1v) is 18.5. The van der Waals surface area contributed by atoms with E-state index in [1.54, 1.807) is 0 Å². The SMILES string of the molecule is c1ccc2c(c1)ccc1cc(-c3nc(-n4c5ccccc5c5c6c7c8ccccc8ccc7n7c8ccccc8c(cc54)c67)c4ccccc4n3)ccc12. The van der Waals surface area contributed by atoms with Crippen molar-refractivity contribution in [3.05, 3.63) is 170 Å². The van der Waals surface area contributed by atoms with Gasteiger partial charge in [-0.3, -0.25) is 4.57 Å². The van der Waals surface area contributed by atoms with E-state index < -0.39 is 0 Å². The largest absolute Gasteiger partial charge is 0.308 e. The lowest BCUT2D eigenvalue weighted by atomic mass is 9.98. The van der Waals surface area contributed by atoms with Crippen molar-refractivity contribution in [1.29, 1.82) is 0 Å². The summed E-state index contributed by atoms with van der Waals surface area (Å²) in [6, 6.07) is 61.6. The van der Waals surface area contributed by atoms with Gasteiger partial charge in [0.25, 0.3) is 0 Å². The Morgan fingerprint density at radius 3 is 1.85 bits per heavy atom. The summed E-state index contributed by atoms with van der Waals surface area (Å²) in [5.41, 5.74) is 7.91. The number of para-hydroxylation sites is 3. The zero-order valence-corrected chi connectivity index (χ0v) is 29.0. The number of hydrogen-bond acceptors (Lipinski definition) is 2. The molecule has 0 N–H and O–H groups in total. The van der Waals surface area contributed by atoms with Crippen molar-refractivity contribution in [3.8, 4) is 17.2 Å². The van der Waals surface area contributed by atoms with E-state index in [9.17, 15) is 0 Å². The number of benzene rings is 9. The van der Waals surface area contributed by atoms with Crippen LogP contribution in [-0.2, 0) is 0 Å². The first-order valence-electron chi connectivity index (χ1n) is 18.5. The number of fused-ring (bicyclic) bond motifs is 16. The van der Waals surface area contributed by atoms with Gasteiger partial charge in [-0.2, -0.15) is 0 Å². The number of aromatic nitrogens is 4. The van der Waals surface area contributed by atoms with Crippen molar-refractivity contribution < 1.29 is 0 Å². The molecule has 0 bridgehead atoms. The van der Waals surface area contributed by atoms with E-state index in [4.69, 9.17) is 9.97 Å². The molecule has 0 radical (unpaired) electrons. The van der Waals surface area contributed by atoms with Gasteiger partial charge in [0.1, 0.15) is 5.82 Å². The molecular formula is C50H28N4. The smallest absolute Gasteiger partial charge is 0.162 e. The van der Waals surface area contributed by atoms with Gasteiger partial charge in [-0.1, -0.05) is 127 Å². The monoisotopic (exact) mass is 684 g/mol. The van der Waals surface area contributed by atoms with E-state index in [1.165, 1.54) is 81.2 Å². The summed E-state index contributed by atoms with van der Waals surface area (Å²) in [7, 11) is 0. The summed E-state index contributed by atoms with van der Waals surface area (Å²) in [4.78, 5) is 10.7. The molecule has 0 aliphatic heterocycles. The molecule has 0 aliphatic rings. The van der Waals surface area contributed by atoms with E-state index >= 15 is 0 Å². The third-order valence-corrected chi connectivity index (χ3v) is 11.8. The Kier molecular flexibility index (Phi) is 5.34. The summed E-state index contributed by atoms with van der Waals surface area (Å²) >= 11 is 0. The second kappa shape index (κ2) is 10.2. The number of rotatable bonds is 2. The van der Waals surface area contributed by atoms with Crippen molar-refractivity contribution in [2.45, 2.75) is 0 Å². The lowest BCUT2D eigenvalue weighted by Crippen LogP contribution is -2.02. The molecule has 0 spiro atoms. The molecule has 0 amide bonds. The number of hydrogen-bond donors (Lipinski definition) is 0. The fourth-order valence-corrected chi connectivity index (χ4v) is 9.51. The quantitative estimate of drug-likeness (QED) is 0.170. The van der Waals surface area contributed by atoms with Gasteiger partial charge in [0.05, 0.1) is 33.1 Å². The Morgan fingerprint density at radius 2 is 0.981 bits per heavy atom. The van der Waals surface area contributed by atoms with Crippen LogP contribution in [0.2, 0.25) is 0 Å². The van der Waals surface area contributed by atoms with Gasteiger partial charge in [-0.15, -0.1) is 0 Å². The average Bonchev–Trinajstić information content (AvgIpc) is 3.87. The highest BCUT2D eigenvalue weighted by Gasteiger charge is 2.26. The van der Waals surface area contributed by atoms with Crippen LogP contribution in [0.25, 0.3) is 120 Å². The molecule has 13 aromatic rings. The second-order valence-corrected chi connectivity index (χ2v) is 14.5. The van der Waals surface area contributed by atoms with E-state index in [-0.39, 0.29) is 0 Å². The Labute approximate surface area is 308 Å². The van der Waals surface area contributed by atoms with Gasteiger partial charge in [0, 0.05) is 43.3 Å². The molecule has 4 heterocycles. The highest BCUT2D eigenvalue weighted by molar-refractivity contribution is 6.39. The molecular weight excluding hydrogens is 657 g/mol. The Hall–Kier alpha value is -7.30. The average molecular weight is 685 g/mol. The standard InChI is InChI=1S/C50H28N4/c1-3-13-33-29(11-1)21-22-31-27-32(23-25-34(31)33)49-51-40-18-8-5-16-37(40)50(52-49)54-42-20-10-7-17-38(42)46-44(54)28-39-36-15-6-9-19-41(36)53-43-26-24-30-12-2-4-14-35(30)45(43)47(46)48(39)53/h1-28H. The second-order valence-electron chi connectivity index (χ2n) is 14.5. The summed E-state index contributed by atoms with van der Waals surface area (Å²) < 4.78 is 4.90. The Bertz CT molecular complexity index is 3740. The maximum atomic E-state index is 5.52. The molecule has 0 atom stereocenters. The van der Waals surface area contributed by atoms with Gasteiger partial charge >= 0.3 is 0 Å². The molecule has 248 valence electrons. The van der Waals surface area contributed by atoms with Crippen LogP contribution in [0.5, 0.6) is 0 Å². The molecule has 0 saturated carbocycles. The van der Waals surface area contributed by atoms with E-state index in [0.29, 0.717) is 5.82 Å². The van der Waals surface area contributed by atoms with E-state index in [2.05, 4.69) is 179 Å². The predicted octanol–water partition coefficient (Wildman–Crippen LogP) is 13.0. The molecule has 4 aromatic heterocycles. The molecule has 9 aromatic carbocycles. The van der Waals surface area contributed by atoms with Gasteiger partial charge in [0.2, 0.25) is 0 Å². The fraction of sp³-hybridized carbons (Fsp3) is 0. The maximum Gasteiger partial charge on any atom is 0.162 e. The summed E-state index contributed by atoms with van der Waals surface area (Å²) in [6.45, 7) is 0. The van der Waals surface area contributed by atoms with Gasteiger partial charge in [-0.05, 0) is 74.8 Å². The minimum atomic E-state index is 0.711. The minimum absolute atomic E-state index is 0.711. The van der Waals surface area contributed by atoms with Crippen LogP contribution in [0.4, 0.5) is 0 Å². The van der Waals surface area contributed by atoms with Gasteiger partial charge in [0.15, 0.2) is 5.82 Å². The van der Waals surface area contributed by atoms with Gasteiger partial charge in [-0.25, -0.2) is 9.97 Å². The van der Waals surface area contributed by atoms with Crippen molar-refractivity contribution in [2.24, 2.45) is 0 Å². The van der Waals surface area contributed by atoms with Crippen LogP contribution >= 0.6 is 0 Å². The normalized spacial score (nSPS) is 12.4. The molecule has 0 unspecified atom stereocenters. The van der Waals surface area contributed by atoms with Crippen LogP contribution in [0.1, 0.15) is 0 Å². The minimum Gasteiger partial charge on any atom is -0.308 e. The van der Waals surface area contributed by atoms with Gasteiger partial charge < -0.3 is 4.40 Å². The maximum absolute atomic E-state index is 5.52. The van der Waals surface area contributed by atoms with Crippen molar-refractivity contribution in [3.63, 3.8) is 0 Å². The molecule has 0 fully saturated rings. The summed E-state index contributed by atoms with van der Waals surface area (Å²) in [5.74, 6) is 1.59. The summed E-state index contributed by atoms with van der Waals surface area (Å²) in [5, 5.41) is 16.0. The fourth-order valence-electron chi connectivity index (χ4n) is 9.51. The summed E-state index contributed by atoms with van der Waals surface area (Å²) in [6.07, 6.45) is 0. The van der Waals surface area contributed by atoms with Crippen molar-refractivity contribution >= 4 is 103 Å². The zero-order chi connectivity index (χ0) is 35.1. The highest BCUT2D eigenvalue weighted by atomic mass is 15.1. The molecule has 4 heteroatoms. The van der Waals surface area contributed by atoms with Crippen LogP contribution in [-0.4, -0.2) is 18.9 Å². The van der Waals surface area contributed by atoms with Crippen LogP contribution in [0.15, 0.2) is 170 Å². The number of nitrogens with zero attached hydrogens (tertiary/aromatic N) is 4. The molecule has 0 saturated heterocycles. The Morgan fingerprint density at radius 1 is 0.352 bits per heavy atom. The van der Waals surface area contributed by atoms with Crippen LogP contribution in [0, 0.1) is 0 Å². The zero-order valence-electron chi connectivity index (χ0n) is 29.0. The molecule has 4 nitrogen and oxygen atoms in total. The molecule has 54 heavy (non-hydrogen) atoms. The van der Waals surface area contributed by atoms with Crippen molar-refractivity contribution in [1.82, 2.24) is 18.9 Å². The third-order valence-electron chi connectivity index (χ3n) is 11.8. The Balaban J connectivity index is 1.20. The lowest BCUT2D eigenvalue weighted by Gasteiger charge is -2.13. The molecule has 0 aliphatic carbocycles. The van der Waals surface area contributed by atoms with Crippen LogP contribution in [0.3, 0.4) is 0 Å². The van der Waals surface area contributed by atoms with E-state index in [0.717, 1.165) is 33.3 Å². The van der Waals surface area contributed by atoms with Crippen molar-refractivity contribution in [2.75, 3.05) is 0 Å².